The van der Waals surface area contributed by atoms with Crippen molar-refractivity contribution in [2.75, 3.05) is 24.3 Å². The maximum Gasteiger partial charge on any atom is 0.416 e. The van der Waals surface area contributed by atoms with Crippen LogP contribution in [0, 0.1) is 0 Å². The third-order valence-electron chi connectivity index (χ3n) is 3.26. The van der Waals surface area contributed by atoms with Crippen LogP contribution in [-0.2, 0) is 15.7 Å². The number of anilines is 2. The number of alkyl halides is 3. The van der Waals surface area contributed by atoms with Gasteiger partial charge in [-0.05, 0) is 48.5 Å². The zero-order valence-corrected chi connectivity index (χ0v) is 13.2. The largest absolute Gasteiger partial charge is 0.465 e. The lowest BCUT2D eigenvalue weighted by atomic mass is 10.2. The second-order valence-corrected chi connectivity index (χ2v) is 5.05. The average molecular weight is 352 g/mol. The van der Waals surface area contributed by atoms with E-state index in [-0.39, 0.29) is 12.5 Å². The summed E-state index contributed by atoms with van der Waals surface area (Å²) in [6.45, 7) is -0.121. The molecule has 132 valence electrons. The molecule has 0 bridgehead atoms. The van der Waals surface area contributed by atoms with Gasteiger partial charge in [-0.2, -0.15) is 13.2 Å². The van der Waals surface area contributed by atoms with Crippen molar-refractivity contribution in [3.05, 3.63) is 59.7 Å². The molecule has 2 N–H and O–H groups in total. The standard InChI is InChI=1S/C17H15F3N2O3/c1-25-16(24)11-2-6-14(7-3-11)22-15(23)10-21-13-8-4-12(5-9-13)17(18,19)20/h2-9,21H,10H2,1H3,(H,22,23). The van der Waals surface area contributed by atoms with Crippen LogP contribution in [0.4, 0.5) is 24.5 Å². The van der Waals surface area contributed by atoms with Crippen LogP contribution < -0.4 is 10.6 Å². The van der Waals surface area contributed by atoms with Crippen LogP contribution in [0.1, 0.15) is 15.9 Å². The molecule has 8 heteroatoms. The minimum Gasteiger partial charge on any atom is -0.465 e. The van der Waals surface area contributed by atoms with Crippen molar-refractivity contribution < 1.29 is 27.5 Å². The first-order valence-corrected chi connectivity index (χ1v) is 7.19. The molecule has 5 nitrogen and oxygen atoms in total. The number of methoxy groups -OCH3 is 1. The molecule has 0 aliphatic rings. The van der Waals surface area contributed by atoms with Crippen molar-refractivity contribution in [3.63, 3.8) is 0 Å². The van der Waals surface area contributed by atoms with Crippen molar-refractivity contribution in [2.45, 2.75) is 6.18 Å². The van der Waals surface area contributed by atoms with E-state index in [0.717, 1.165) is 12.1 Å². The van der Waals surface area contributed by atoms with E-state index in [1.54, 1.807) is 12.1 Å². The summed E-state index contributed by atoms with van der Waals surface area (Å²) >= 11 is 0. The number of esters is 1. The molecule has 25 heavy (non-hydrogen) atoms. The Kier molecular flexibility index (Phi) is 5.63. The van der Waals surface area contributed by atoms with Gasteiger partial charge in [-0.25, -0.2) is 4.79 Å². The fourth-order valence-electron chi connectivity index (χ4n) is 1.97. The number of halogens is 3. The highest BCUT2D eigenvalue weighted by atomic mass is 19.4. The Morgan fingerprint density at radius 1 is 0.960 bits per heavy atom. The van der Waals surface area contributed by atoms with Gasteiger partial charge >= 0.3 is 12.1 Å². The zero-order valence-electron chi connectivity index (χ0n) is 13.2. The number of hydrogen-bond acceptors (Lipinski definition) is 4. The lowest BCUT2D eigenvalue weighted by Gasteiger charge is -2.10. The van der Waals surface area contributed by atoms with Crippen LogP contribution in [0.3, 0.4) is 0 Å². The number of benzene rings is 2. The molecule has 0 saturated heterocycles. The molecular weight excluding hydrogens is 337 g/mol. The van der Waals surface area contributed by atoms with Gasteiger partial charge in [-0.15, -0.1) is 0 Å². The first kappa shape index (κ1) is 18.3. The molecule has 0 fully saturated rings. The molecule has 0 spiro atoms. The molecule has 0 unspecified atom stereocenters. The highest BCUT2D eigenvalue weighted by Gasteiger charge is 2.29. The van der Waals surface area contributed by atoms with Gasteiger partial charge in [-0.1, -0.05) is 0 Å². The Morgan fingerprint density at radius 3 is 2.04 bits per heavy atom. The molecule has 0 aliphatic heterocycles. The number of nitrogens with one attached hydrogen (secondary N) is 2. The number of ether oxygens (including phenoxy) is 1. The van der Waals surface area contributed by atoms with Crippen LogP contribution in [0.15, 0.2) is 48.5 Å². The fourth-order valence-corrected chi connectivity index (χ4v) is 1.97. The summed E-state index contributed by atoms with van der Waals surface area (Å²) in [7, 11) is 1.27. The van der Waals surface area contributed by atoms with Crippen molar-refractivity contribution in [1.29, 1.82) is 0 Å². The Bertz CT molecular complexity index is 741. The summed E-state index contributed by atoms with van der Waals surface area (Å²) in [5.74, 6) is -0.868. The van der Waals surface area contributed by atoms with E-state index in [2.05, 4.69) is 15.4 Å². The predicted octanol–water partition coefficient (Wildman–Crippen LogP) is 3.54. The highest BCUT2D eigenvalue weighted by molar-refractivity contribution is 5.95. The van der Waals surface area contributed by atoms with Gasteiger partial charge in [0.15, 0.2) is 0 Å². The lowest BCUT2D eigenvalue weighted by Crippen LogP contribution is -2.21. The predicted molar refractivity (Wildman–Crippen MR) is 86.3 cm³/mol. The highest BCUT2D eigenvalue weighted by Crippen LogP contribution is 2.29. The molecular formula is C17H15F3N2O3. The Morgan fingerprint density at radius 2 is 1.52 bits per heavy atom. The molecule has 0 heterocycles. The van der Waals surface area contributed by atoms with Gasteiger partial charge in [0, 0.05) is 11.4 Å². The van der Waals surface area contributed by atoms with Gasteiger partial charge < -0.3 is 15.4 Å². The summed E-state index contributed by atoms with van der Waals surface area (Å²) in [6.07, 6.45) is -4.40. The second kappa shape index (κ2) is 7.69. The molecule has 0 saturated carbocycles. The van der Waals surface area contributed by atoms with Crippen LogP contribution in [0.25, 0.3) is 0 Å². The van der Waals surface area contributed by atoms with E-state index >= 15 is 0 Å². The smallest absolute Gasteiger partial charge is 0.416 e. The Labute approximate surface area is 141 Å². The molecule has 2 aromatic carbocycles. The summed E-state index contributed by atoms with van der Waals surface area (Å²) in [5, 5.41) is 5.33. The molecule has 2 rings (SSSR count). The van der Waals surface area contributed by atoms with Crippen molar-refractivity contribution in [1.82, 2.24) is 0 Å². The Balaban J connectivity index is 1.87. The van der Waals surface area contributed by atoms with Gasteiger partial charge in [0.2, 0.25) is 5.91 Å². The summed E-state index contributed by atoms with van der Waals surface area (Å²) in [5.41, 5.74) is 0.465. The van der Waals surface area contributed by atoms with Gasteiger partial charge in [0.1, 0.15) is 0 Å². The molecule has 0 radical (unpaired) electrons. The third kappa shape index (κ3) is 5.23. The minimum atomic E-state index is -4.40. The Hall–Kier alpha value is -3.03. The van der Waals surface area contributed by atoms with E-state index in [1.807, 2.05) is 0 Å². The van der Waals surface area contributed by atoms with E-state index < -0.39 is 17.7 Å². The first-order chi connectivity index (χ1) is 11.8. The molecule has 2 aromatic rings. The van der Waals surface area contributed by atoms with Crippen molar-refractivity contribution in [2.24, 2.45) is 0 Å². The van der Waals surface area contributed by atoms with Crippen molar-refractivity contribution >= 4 is 23.3 Å². The molecule has 0 aliphatic carbocycles. The molecule has 0 atom stereocenters. The monoisotopic (exact) mass is 352 g/mol. The van der Waals surface area contributed by atoms with Crippen LogP contribution in [0.2, 0.25) is 0 Å². The first-order valence-electron chi connectivity index (χ1n) is 7.19. The number of rotatable bonds is 5. The van der Waals surface area contributed by atoms with E-state index in [9.17, 15) is 22.8 Å². The van der Waals surface area contributed by atoms with E-state index in [4.69, 9.17) is 0 Å². The maximum absolute atomic E-state index is 12.5. The molecule has 1 amide bonds. The minimum absolute atomic E-state index is 0.121. The quantitative estimate of drug-likeness (QED) is 0.808. The maximum atomic E-state index is 12.5. The van der Waals surface area contributed by atoms with Crippen LogP contribution in [0.5, 0.6) is 0 Å². The second-order valence-electron chi connectivity index (χ2n) is 5.05. The van der Waals surface area contributed by atoms with E-state index in [0.29, 0.717) is 16.9 Å². The number of amides is 1. The van der Waals surface area contributed by atoms with Gasteiger partial charge in [0.25, 0.3) is 0 Å². The lowest BCUT2D eigenvalue weighted by molar-refractivity contribution is -0.137. The third-order valence-corrected chi connectivity index (χ3v) is 3.26. The summed E-state index contributed by atoms with van der Waals surface area (Å²) in [4.78, 5) is 23.1. The molecule has 0 aromatic heterocycles. The normalized spacial score (nSPS) is 10.9. The number of hydrogen-bond donors (Lipinski definition) is 2. The summed E-state index contributed by atoms with van der Waals surface area (Å²) < 4.78 is 42.0. The van der Waals surface area contributed by atoms with Gasteiger partial charge in [0.05, 0.1) is 24.8 Å². The van der Waals surface area contributed by atoms with Gasteiger partial charge in [-0.3, -0.25) is 4.79 Å². The topological polar surface area (TPSA) is 67.4 Å². The fraction of sp³-hybridized carbons (Fsp3) is 0.176. The SMILES string of the molecule is COC(=O)c1ccc(NC(=O)CNc2ccc(C(F)(F)F)cc2)cc1. The average Bonchev–Trinajstić information content (AvgIpc) is 2.59. The van der Waals surface area contributed by atoms with Crippen LogP contribution in [-0.4, -0.2) is 25.5 Å². The van der Waals surface area contributed by atoms with E-state index in [1.165, 1.54) is 31.4 Å². The zero-order chi connectivity index (χ0) is 18.4. The number of carbonyl (C=O) groups is 2. The van der Waals surface area contributed by atoms with Crippen molar-refractivity contribution in [3.8, 4) is 0 Å². The summed E-state index contributed by atoms with van der Waals surface area (Å²) in [6, 6.07) is 10.5. The number of carbonyl (C=O) groups excluding carboxylic acids is 2. The van der Waals surface area contributed by atoms with Crippen LogP contribution >= 0.6 is 0 Å².